The van der Waals surface area contributed by atoms with Gasteiger partial charge in [0, 0.05) is 18.8 Å². The fourth-order valence-electron chi connectivity index (χ4n) is 1.52. The molecular formula is C11H12F3N5O. The molecule has 0 spiro atoms. The monoisotopic (exact) mass is 287 g/mol. The first-order valence-corrected chi connectivity index (χ1v) is 5.83. The minimum absolute atomic E-state index is 0.125. The van der Waals surface area contributed by atoms with Crippen LogP contribution in [0.25, 0.3) is 0 Å². The number of aryl methyl sites for hydroxylation is 1. The number of halogens is 3. The highest BCUT2D eigenvalue weighted by molar-refractivity contribution is 5.92. The van der Waals surface area contributed by atoms with Crippen molar-refractivity contribution >= 4 is 5.91 Å². The molecule has 108 valence electrons. The average Bonchev–Trinajstić information content (AvgIpc) is 3.04. The summed E-state index contributed by atoms with van der Waals surface area (Å²) in [6, 6.07) is 2.38. The largest absolute Gasteiger partial charge is 0.432 e. The van der Waals surface area contributed by atoms with E-state index >= 15 is 0 Å². The number of hydrogen-bond acceptors (Lipinski definition) is 3. The molecule has 0 unspecified atom stereocenters. The standard InChI is InChI=1S/C11H12F3N5O/c1-2-19-4-3-7(18-19)6-15-10(20)8-5-9(17-16-8)11(12,13)14/h3-5H,2,6H2,1H3,(H,15,20)(H,16,17). The molecule has 0 radical (unpaired) electrons. The van der Waals surface area contributed by atoms with E-state index in [2.05, 4.69) is 15.5 Å². The van der Waals surface area contributed by atoms with Gasteiger partial charge in [0.25, 0.3) is 5.91 Å². The van der Waals surface area contributed by atoms with Gasteiger partial charge in [-0.1, -0.05) is 0 Å². The first kappa shape index (κ1) is 14.1. The summed E-state index contributed by atoms with van der Waals surface area (Å²) in [7, 11) is 0. The number of amides is 1. The van der Waals surface area contributed by atoms with Crippen molar-refractivity contribution in [2.45, 2.75) is 26.2 Å². The van der Waals surface area contributed by atoms with Crippen LogP contribution in [-0.4, -0.2) is 25.9 Å². The van der Waals surface area contributed by atoms with Crippen LogP contribution in [0.2, 0.25) is 0 Å². The number of aromatic nitrogens is 4. The summed E-state index contributed by atoms with van der Waals surface area (Å²) in [6.45, 7) is 2.74. The smallest absolute Gasteiger partial charge is 0.345 e. The Morgan fingerprint density at radius 1 is 1.50 bits per heavy atom. The van der Waals surface area contributed by atoms with Crippen LogP contribution in [0.3, 0.4) is 0 Å². The van der Waals surface area contributed by atoms with Gasteiger partial charge < -0.3 is 5.32 Å². The molecule has 0 fully saturated rings. The van der Waals surface area contributed by atoms with Gasteiger partial charge in [-0.2, -0.15) is 23.4 Å². The van der Waals surface area contributed by atoms with E-state index in [0.717, 1.165) is 0 Å². The lowest BCUT2D eigenvalue weighted by Gasteiger charge is -2.01. The van der Waals surface area contributed by atoms with Crippen LogP contribution in [0.15, 0.2) is 18.3 Å². The Bertz CT molecular complexity index is 601. The molecule has 20 heavy (non-hydrogen) atoms. The van der Waals surface area contributed by atoms with Gasteiger partial charge in [0.2, 0.25) is 0 Å². The Morgan fingerprint density at radius 3 is 2.80 bits per heavy atom. The predicted molar refractivity (Wildman–Crippen MR) is 62.7 cm³/mol. The average molecular weight is 287 g/mol. The molecule has 2 aromatic rings. The number of nitrogens with one attached hydrogen (secondary N) is 2. The summed E-state index contributed by atoms with van der Waals surface area (Å²) in [5, 5.41) is 11.7. The van der Waals surface area contributed by atoms with Gasteiger partial charge in [-0.05, 0) is 13.0 Å². The van der Waals surface area contributed by atoms with Crippen molar-refractivity contribution in [3.8, 4) is 0 Å². The Kier molecular flexibility index (Phi) is 3.77. The molecule has 0 aliphatic carbocycles. The summed E-state index contributed by atoms with van der Waals surface area (Å²) in [6.07, 6.45) is -2.80. The first-order chi connectivity index (χ1) is 9.40. The highest BCUT2D eigenvalue weighted by Crippen LogP contribution is 2.27. The molecule has 2 heterocycles. The Morgan fingerprint density at radius 2 is 2.25 bits per heavy atom. The van der Waals surface area contributed by atoms with Crippen LogP contribution in [0.1, 0.15) is 28.8 Å². The molecule has 6 nitrogen and oxygen atoms in total. The Hall–Kier alpha value is -2.32. The molecule has 0 aliphatic heterocycles. The van der Waals surface area contributed by atoms with Gasteiger partial charge in [-0.15, -0.1) is 0 Å². The summed E-state index contributed by atoms with van der Waals surface area (Å²) in [5.41, 5.74) is -0.753. The van der Waals surface area contributed by atoms with E-state index < -0.39 is 17.8 Å². The van der Waals surface area contributed by atoms with Crippen LogP contribution < -0.4 is 5.32 Å². The Labute approximate surface area is 112 Å². The van der Waals surface area contributed by atoms with E-state index in [1.54, 1.807) is 22.0 Å². The number of alkyl halides is 3. The molecule has 0 aliphatic rings. The number of rotatable bonds is 4. The lowest BCUT2D eigenvalue weighted by Crippen LogP contribution is -2.23. The molecular weight excluding hydrogens is 275 g/mol. The van der Waals surface area contributed by atoms with Crippen molar-refractivity contribution in [2.24, 2.45) is 0 Å². The highest BCUT2D eigenvalue weighted by atomic mass is 19.4. The van der Waals surface area contributed by atoms with E-state index in [9.17, 15) is 18.0 Å². The molecule has 1 amide bonds. The fraction of sp³-hybridized carbons (Fsp3) is 0.364. The summed E-state index contributed by atoms with van der Waals surface area (Å²) >= 11 is 0. The van der Waals surface area contributed by atoms with E-state index in [-0.39, 0.29) is 12.2 Å². The summed E-state index contributed by atoms with van der Waals surface area (Å²) < 4.78 is 38.7. The van der Waals surface area contributed by atoms with E-state index in [1.807, 2.05) is 6.92 Å². The summed E-state index contributed by atoms with van der Waals surface area (Å²) in [5.74, 6) is -0.692. The van der Waals surface area contributed by atoms with Crippen molar-refractivity contribution in [1.82, 2.24) is 25.3 Å². The number of hydrogen-bond donors (Lipinski definition) is 2. The SMILES string of the molecule is CCn1ccc(CNC(=O)c2cc(C(F)(F)F)[nH]n2)n1. The van der Waals surface area contributed by atoms with Gasteiger partial charge in [0.15, 0.2) is 5.69 Å². The zero-order chi connectivity index (χ0) is 14.8. The van der Waals surface area contributed by atoms with Crippen LogP contribution in [0.5, 0.6) is 0 Å². The van der Waals surface area contributed by atoms with E-state index in [1.165, 1.54) is 0 Å². The highest BCUT2D eigenvalue weighted by Gasteiger charge is 2.33. The van der Waals surface area contributed by atoms with E-state index in [0.29, 0.717) is 18.3 Å². The molecule has 2 aromatic heterocycles. The number of H-pyrrole nitrogens is 1. The van der Waals surface area contributed by atoms with Crippen molar-refractivity contribution in [2.75, 3.05) is 0 Å². The predicted octanol–water partition coefficient (Wildman–Crippen LogP) is 1.57. The zero-order valence-corrected chi connectivity index (χ0v) is 10.5. The fourth-order valence-corrected chi connectivity index (χ4v) is 1.52. The Balaban J connectivity index is 1.96. The van der Waals surface area contributed by atoms with Crippen LogP contribution in [0.4, 0.5) is 13.2 Å². The minimum Gasteiger partial charge on any atom is -0.345 e. The quantitative estimate of drug-likeness (QED) is 0.896. The molecule has 2 rings (SSSR count). The maximum absolute atomic E-state index is 12.3. The lowest BCUT2D eigenvalue weighted by atomic mass is 10.3. The molecule has 0 aromatic carbocycles. The molecule has 2 N–H and O–H groups in total. The second kappa shape index (κ2) is 5.35. The molecule has 0 bridgehead atoms. The normalized spacial score (nSPS) is 11.6. The lowest BCUT2D eigenvalue weighted by molar-refractivity contribution is -0.141. The molecule has 0 saturated carbocycles. The van der Waals surface area contributed by atoms with Crippen LogP contribution >= 0.6 is 0 Å². The van der Waals surface area contributed by atoms with Crippen LogP contribution in [0, 0.1) is 0 Å². The van der Waals surface area contributed by atoms with Gasteiger partial charge >= 0.3 is 6.18 Å². The van der Waals surface area contributed by atoms with Crippen LogP contribution in [-0.2, 0) is 19.3 Å². The van der Waals surface area contributed by atoms with Gasteiger partial charge in [-0.3, -0.25) is 14.6 Å². The van der Waals surface area contributed by atoms with Crippen molar-refractivity contribution in [1.29, 1.82) is 0 Å². The zero-order valence-electron chi connectivity index (χ0n) is 10.5. The third kappa shape index (κ3) is 3.16. The topological polar surface area (TPSA) is 75.6 Å². The van der Waals surface area contributed by atoms with Gasteiger partial charge in [-0.25, -0.2) is 0 Å². The third-order valence-corrected chi connectivity index (χ3v) is 2.57. The molecule has 0 atom stereocenters. The van der Waals surface area contributed by atoms with E-state index in [4.69, 9.17) is 0 Å². The van der Waals surface area contributed by atoms with Crippen molar-refractivity contribution in [3.63, 3.8) is 0 Å². The maximum atomic E-state index is 12.3. The number of nitrogens with zero attached hydrogens (tertiary/aromatic N) is 3. The minimum atomic E-state index is -4.55. The number of carbonyl (C=O) groups is 1. The van der Waals surface area contributed by atoms with Crippen molar-refractivity contribution < 1.29 is 18.0 Å². The number of aromatic amines is 1. The second-order valence-electron chi connectivity index (χ2n) is 4.01. The second-order valence-corrected chi connectivity index (χ2v) is 4.01. The maximum Gasteiger partial charge on any atom is 0.432 e. The molecule has 9 heteroatoms. The number of carbonyl (C=O) groups excluding carboxylic acids is 1. The third-order valence-electron chi connectivity index (χ3n) is 2.57. The van der Waals surface area contributed by atoms with Crippen molar-refractivity contribution in [3.05, 3.63) is 35.4 Å². The van der Waals surface area contributed by atoms with Gasteiger partial charge in [0.05, 0.1) is 12.2 Å². The van der Waals surface area contributed by atoms with Gasteiger partial charge in [0.1, 0.15) is 5.69 Å². The first-order valence-electron chi connectivity index (χ1n) is 5.83. The molecule has 0 saturated heterocycles. The summed E-state index contributed by atoms with van der Waals surface area (Å²) in [4.78, 5) is 11.6.